The van der Waals surface area contributed by atoms with E-state index in [1.54, 1.807) is 66.7 Å². The molecule has 0 saturated carbocycles. The third-order valence-electron chi connectivity index (χ3n) is 4.34. The molecular weight excluding hydrogens is 382 g/mol. The molecule has 0 radical (unpaired) electrons. The van der Waals surface area contributed by atoms with E-state index in [9.17, 15) is 19.2 Å². The number of benzene rings is 3. The Kier molecular flexibility index (Phi) is 6.49. The number of esters is 1. The van der Waals surface area contributed by atoms with E-state index in [0.717, 1.165) is 0 Å². The first-order valence-electron chi connectivity index (χ1n) is 9.23. The van der Waals surface area contributed by atoms with Crippen molar-refractivity contribution >= 4 is 29.1 Å². The van der Waals surface area contributed by atoms with E-state index >= 15 is 0 Å². The number of anilines is 1. The molecule has 0 aromatic heterocycles. The predicted molar refractivity (Wildman–Crippen MR) is 112 cm³/mol. The van der Waals surface area contributed by atoms with Gasteiger partial charge >= 0.3 is 5.97 Å². The van der Waals surface area contributed by atoms with Gasteiger partial charge in [-0.25, -0.2) is 4.79 Å². The Morgan fingerprint density at radius 3 is 1.97 bits per heavy atom. The third kappa shape index (κ3) is 4.86. The van der Waals surface area contributed by atoms with Gasteiger partial charge in [-0.3, -0.25) is 14.4 Å². The zero-order valence-electron chi connectivity index (χ0n) is 16.3. The summed E-state index contributed by atoms with van der Waals surface area (Å²) in [6, 6.07) is 21.4. The van der Waals surface area contributed by atoms with Crippen LogP contribution < -0.4 is 5.32 Å². The lowest BCUT2D eigenvalue weighted by Crippen LogP contribution is -2.22. The number of rotatable bonds is 7. The second kappa shape index (κ2) is 9.43. The quantitative estimate of drug-likeness (QED) is 0.479. The Bertz CT molecular complexity index is 1110. The number of nitrogens with one attached hydrogen (secondary N) is 1. The maximum Gasteiger partial charge on any atom is 0.339 e. The van der Waals surface area contributed by atoms with Crippen molar-refractivity contribution in [2.45, 2.75) is 6.92 Å². The highest BCUT2D eigenvalue weighted by molar-refractivity contribution is 6.14. The van der Waals surface area contributed by atoms with Gasteiger partial charge in [0.2, 0.25) is 0 Å². The molecule has 0 spiro atoms. The Morgan fingerprint density at radius 2 is 1.30 bits per heavy atom. The van der Waals surface area contributed by atoms with Crippen LogP contribution in [-0.2, 0) is 9.53 Å². The van der Waals surface area contributed by atoms with E-state index in [-0.39, 0.29) is 22.7 Å². The average Bonchev–Trinajstić information content (AvgIpc) is 2.77. The second-order valence-electron chi connectivity index (χ2n) is 6.47. The van der Waals surface area contributed by atoms with Crippen LogP contribution in [0, 0.1) is 0 Å². The van der Waals surface area contributed by atoms with E-state index < -0.39 is 18.5 Å². The minimum absolute atomic E-state index is 0.0725. The van der Waals surface area contributed by atoms with Gasteiger partial charge in [0.05, 0.1) is 11.3 Å². The summed E-state index contributed by atoms with van der Waals surface area (Å²) in [6.07, 6.45) is 0. The first-order chi connectivity index (χ1) is 14.5. The Balaban J connectivity index is 1.70. The third-order valence-corrected chi connectivity index (χ3v) is 4.34. The van der Waals surface area contributed by atoms with Crippen LogP contribution in [0.25, 0.3) is 0 Å². The topological polar surface area (TPSA) is 89.5 Å². The first-order valence-corrected chi connectivity index (χ1v) is 9.23. The number of Topliss-reactive ketones (excluding diaryl/α,β-unsaturated/α-hetero) is 1. The summed E-state index contributed by atoms with van der Waals surface area (Å²) in [5, 5.41) is 2.56. The molecule has 1 amide bonds. The monoisotopic (exact) mass is 401 g/mol. The first kappa shape index (κ1) is 20.7. The van der Waals surface area contributed by atoms with Crippen LogP contribution in [0.4, 0.5) is 5.69 Å². The maximum atomic E-state index is 12.7. The molecule has 150 valence electrons. The fourth-order valence-electron chi connectivity index (χ4n) is 2.90. The van der Waals surface area contributed by atoms with Crippen LogP contribution in [0.15, 0.2) is 78.9 Å². The number of amides is 1. The van der Waals surface area contributed by atoms with Gasteiger partial charge in [0, 0.05) is 16.7 Å². The fraction of sp³-hybridized carbons (Fsp3) is 0.0833. The van der Waals surface area contributed by atoms with Gasteiger partial charge in [0.25, 0.3) is 5.91 Å². The summed E-state index contributed by atoms with van der Waals surface area (Å²) in [4.78, 5) is 49.1. The molecule has 0 atom stereocenters. The van der Waals surface area contributed by atoms with E-state index in [4.69, 9.17) is 4.74 Å². The minimum atomic E-state index is -0.787. The van der Waals surface area contributed by atoms with Gasteiger partial charge in [-0.15, -0.1) is 0 Å². The normalized spacial score (nSPS) is 10.2. The van der Waals surface area contributed by atoms with Crippen molar-refractivity contribution in [1.29, 1.82) is 0 Å². The van der Waals surface area contributed by atoms with Crippen molar-refractivity contribution in [3.8, 4) is 0 Å². The lowest BCUT2D eigenvalue weighted by molar-refractivity contribution is -0.119. The molecule has 0 bridgehead atoms. The largest absolute Gasteiger partial charge is 0.452 e. The van der Waals surface area contributed by atoms with Crippen LogP contribution in [0.5, 0.6) is 0 Å². The number of carbonyl (C=O) groups excluding carboxylic acids is 4. The van der Waals surface area contributed by atoms with Gasteiger partial charge < -0.3 is 10.1 Å². The van der Waals surface area contributed by atoms with Crippen LogP contribution in [-0.4, -0.2) is 30.0 Å². The highest BCUT2D eigenvalue weighted by atomic mass is 16.5. The molecule has 6 nitrogen and oxygen atoms in total. The Hall–Kier alpha value is -4.06. The van der Waals surface area contributed by atoms with Crippen LogP contribution in [0.2, 0.25) is 0 Å². The molecule has 0 saturated heterocycles. The van der Waals surface area contributed by atoms with Gasteiger partial charge in [-0.2, -0.15) is 0 Å². The molecule has 30 heavy (non-hydrogen) atoms. The second-order valence-corrected chi connectivity index (χ2v) is 6.47. The van der Waals surface area contributed by atoms with E-state index in [2.05, 4.69) is 5.32 Å². The number of carbonyl (C=O) groups is 4. The minimum Gasteiger partial charge on any atom is -0.452 e. The van der Waals surface area contributed by atoms with Gasteiger partial charge in [-0.1, -0.05) is 60.7 Å². The lowest BCUT2D eigenvalue weighted by atomic mass is 9.98. The maximum absolute atomic E-state index is 12.7. The number of ether oxygens (including phenoxy) is 1. The van der Waals surface area contributed by atoms with Crippen molar-refractivity contribution in [3.05, 3.63) is 101 Å². The summed E-state index contributed by atoms with van der Waals surface area (Å²) >= 11 is 0. The zero-order valence-corrected chi connectivity index (χ0v) is 16.3. The molecular formula is C24H19NO5. The highest BCUT2D eigenvalue weighted by Gasteiger charge is 2.20. The van der Waals surface area contributed by atoms with Gasteiger partial charge in [0.1, 0.15) is 0 Å². The van der Waals surface area contributed by atoms with Gasteiger partial charge in [-0.05, 0) is 25.1 Å². The van der Waals surface area contributed by atoms with Crippen LogP contribution in [0.3, 0.4) is 0 Å². The van der Waals surface area contributed by atoms with E-state index in [1.165, 1.54) is 19.1 Å². The molecule has 0 fully saturated rings. The van der Waals surface area contributed by atoms with Crippen LogP contribution in [0.1, 0.15) is 43.6 Å². The molecule has 3 aromatic rings. The van der Waals surface area contributed by atoms with Crippen molar-refractivity contribution in [2.75, 3.05) is 11.9 Å². The SMILES string of the molecule is CC(=O)c1ccccc1NC(=O)COC(=O)c1ccccc1C(=O)c1ccccc1. The van der Waals surface area contributed by atoms with Crippen molar-refractivity contribution in [3.63, 3.8) is 0 Å². The number of ketones is 2. The molecule has 6 heteroatoms. The molecule has 0 unspecified atom stereocenters. The Labute approximate surface area is 173 Å². The van der Waals surface area contributed by atoms with Crippen molar-refractivity contribution in [1.82, 2.24) is 0 Å². The fourth-order valence-corrected chi connectivity index (χ4v) is 2.90. The number of hydrogen-bond donors (Lipinski definition) is 1. The smallest absolute Gasteiger partial charge is 0.339 e. The summed E-state index contributed by atoms with van der Waals surface area (Å²) in [5.41, 5.74) is 1.40. The summed E-state index contributed by atoms with van der Waals surface area (Å²) < 4.78 is 5.10. The molecule has 0 aliphatic heterocycles. The summed E-state index contributed by atoms with van der Waals surface area (Å²) in [7, 11) is 0. The molecule has 0 aliphatic rings. The number of para-hydroxylation sites is 1. The standard InChI is InChI=1S/C24H19NO5/c1-16(26)18-11-7-8-14-21(18)25-22(27)15-30-24(29)20-13-6-5-12-19(20)23(28)17-9-3-2-4-10-17/h2-14H,15H2,1H3,(H,25,27). The van der Waals surface area contributed by atoms with E-state index in [1.807, 2.05) is 0 Å². The summed E-state index contributed by atoms with van der Waals surface area (Å²) in [5.74, 6) is -1.90. The highest BCUT2D eigenvalue weighted by Crippen LogP contribution is 2.17. The molecule has 3 rings (SSSR count). The summed E-state index contributed by atoms with van der Waals surface area (Å²) in [6.45, 7) is 0.838. The van der Waals surface area contributed by atoms with E-state index in [0.29, 0.717) is 16.8 Å². The van der Waals surface area contributed by atoms with Crippen LogP contribution >= 0.6 is 0 Å². The molecule has 3 aromatic carbocycles. The zero-order chi connectivity index (χ0) is 21.5. The number of hydrogen-bond acceptors (Lipinski definition) is 5. The lowest BCUT2D eigenvalue weighted by Gasteiger charge is -2.11. The van der Waals surface area contributed by atoms with Crippen molar-refractivity contribution < 1.29 is 23.9 Å². The van der Waals surface area contributed by atoms with Gasteiger partial charge in [0.15, 0.2) is 18.2 Å². The average molecular weight is 401 g/mol. The molecule has 1 N–H and O–H groups in total. The predicted octanol–water partition coefficient (Wildman–Crippen LogP) is 3.92. The molecule has 0 aliphatic carbocycles. The Morgan fingerprint density at radius 1 is 0.733 bits per heavy atom. The van der Waals surface area contributed by atoms with Crippen molar-refractivity contribution in [2.24, 2.45) is 0 Å². The molecule has 0 heterocycles.